The Balaban J connectivity index is 1.64. The summed E-state index contributed by atoms with van der Waals surface area (Å²) in [5.74, 6) is -1.59. The summed E-state index contributed by atoms with van der Waals surface area (Å²) in [6, 6.07) is 10.0. The fraction of sp³-hybridized carbons (Fsp3) is 0.250. The fourth-order valence-electron chi connectivity index (χ4n) is 3.03. The monoisotopic (exact) mass is 458 g/mol. The molecule has 1 aliphatic heterocycles. The Bertz CT molecular complexity index is 1080. The number of sulfonamides is 1. The van der Waals surface area contributed by atoms with Gasteiger partial charge in [0.05, 0.1) is 4.90 Å². The first-order chi connectivity index (χ1) is 14.6. The Morgan fingerprint density at radius 2 is 1.68 bits per heavy atom. The lowest BCUT2D eigenvalue weighted by Crippen LogP contribution is -2.50. The van der Waals surface area contributed by atoms with Gasteiger partial charge in [-0.2, -0.15) is 4.31 Å². The van der Waals surface area contributed by atoms with Crippen LogP contribution in [-0.4, -0.2) is 56.1 Å². The van der Waals surface area contributed by atoms with E-state index in [1.807, 2.05) is 0 Å². The summed E-state index contributed by atoms with van der Waals surface area (Å²) < 4.78 is 81.2. The third kappa shape index (κ3) is 5.82. The fourth-order valence-corrected chi connectivity index (χ4v) is 4.48. The maximum absolute atomic E-state index is 13.4. The molecule has 1 aliphatic rings. The zero-order chi connectivity index (χ0) is 22.6. The number of halogens is 4. The van der Waals surface area contributed by atoms with Gasteiger partial charge < -0.3 is 9.64 Å². The van der Waals surface area contributed by atoms with Crippen molar-refractivity contribution in [1.29, 1.82) is 0 Å². The van der Waals surface area contributed by atoms with E-state index in [0.717, 1.165) is 28.6 Å². The summed E-state index contributed by atoms with van der Waals surface area (Å²) in [7, 11) is -3.90. The van der Waals surface area contributed by atoms with Gasteiger partial charge >= 0.3 is 6.36 Å². The van der Waals surface area contributed by atoms with Crippen molar-refractivity contribution in [1.82, 2.24) is 9.21 Å². The summed E-state index contributed by atoms with van der Waals surface area (Å²) in [6.45, 7) is 0.176. The lowest BCUT2D eigenvalue weighted by Gasteiger charge is -2.33. The maximum Gasteiger partial charge on any atom is 0.573 e. The Morgan fingerprint density at radius 1 is 1.00 bits per heavy atom. The summed E-state index contributed by atoms with van der Waals surface area (Å²) >= 11 is 0. The molecule has 0 saturated carbocycles. The van der Waals surface area contributed by atoms with Crippen LogP contribution in [0.15, 0.2) is 59.5 Å². The van der Waals surface area contributed by atoms with Crippen molar-refractivity contribution < 1.29 is 35.5 Å². The lowest BCUT2D eigenvalue weighted by atomic mass is 10.2. The highest BCUT2D eigenvalue weighted by Gasteiger charge is 2.32. The van der Waals surface area contributed by atoms with Crippen molar-refractivity contribution >= 4 is 22.0 Å². The van der Waals surface area contributed by atoms with Gasteiger partial charge in [-0.25, -0.2) is 12.8 Å². The van der Waals surface area contributed by atoms with Gasteiger partial charge in [0, 0.05) is 37.8 Å². The molecule has 166 valence electrons. The first kappa shape index (κ1) is 22.8. The molecule has 0 N–H and O–H groups in total. The molecule has 1 fully saturated rings. The molecule has 0 aliphatic carbocycles. The van der Waals surface area contributed by atoms with Crippen molar-refractivity contribution in [3.05, 3.63) is 66.0 Å². The van der Waals surface area contributed by atoms with Crippen LogP contribution in [0, 0.1) is 5.82 Å². The van der Waals surface area contributed by atoms with Gasteiger partial charge in [0.25, 0.3) is 0 Å². The number of piperazine rings is 1. The standard InChI is InChI=1S/C20H18F4N2O4S/c21-16-5-3-6-17(14-16)31(28,29)26-12-10-25(11-13-26)19(27)9-8-15-4-1-2-7-18(15)30-20(22,23)24/h1-9,14H,10-13H2/b9-8+. The number of rotatable bonds is 5. The van der Waals surface area contributed by atoms with Crippen LogP contribution < -0.4 is 4.74 Å². The molecule has 6 nitrogen and oxygen atoms in total. The number of nitrogens with zero attached hydrogens (tertiary/aromatic N) is 2. The van der Waals surface area contributed by atoms with Crippen molar-refractivity contribution in [2.24, 2.45) is 0 Å². The van der Waals surface area contributed by atoms with Crippen LogP contribution in [0.25, 0.3) is 6.08 Å². The van der Waals surface area contributed by atoms with Crippen LogP contribution in [0.5, 0.6) is 5.75 Å². The number of amides is 1. The highest BCUT2D eigenvalue weighted by molar-refractivity contribution is 7.89. The van der Waals surface area contributed by atoms with Crippen LogP contribution in [0.3, 0.4) is 0 Å². The molecule has 0 spiro atoms. The summed E-state index contributed by atoms with van der Waals surface area (Å²) in [6.07, 6.45) is -2.55. The van der Waals surface area contributed by atoms with Gasteiger partial charge in [-0.15, -0.1) is 13.2 Å². The summed E-state index contributed by atoms with van der Waals surface area (Å²) in [4.78, 5) is 13.6. The molecule has 0 radical (unpaired) electrons. The molecule has 11 heteroatoms. The zero-order valence-electron chi connectivity index (χ0n) is 16.0. The van der Waals surface area contributed by atoms with Crippen LogP contribution in [0.2, 0.25) is 0 Å². The Hall–Kier alpha value is -2.92. The van der Waals surface area contributed by atoms with Crippen LogP contribution in [0.1, 0.15) is 5.56 Å². The minimum absolute atomic E-state index is 0.00615. The normalized spacial score (nSPS) is 15.9. The smallest absolute Gasteiger partial charge is 0.405 e. The molecular formula is C20H18F4N2O4S. The number of para-hydroxylation sites is 1. The molecule has 0 unspecified atom stereocenters. The third-order valence-electron chi connectivity index (χ3n) is 4.53. The van der Waals surface area contributed by atoms with E-state index < -0.39 is 33.9 Å². The quantitative estimate of drug-likeness (QED) is 0.510. The lowest BCUT2D eigenvalue weighted by molar-refractivity contribution is -0.274. The van der Waals surface area contributed by atoms with E-state index in [1.165, 1.54) is 41.3 Å². The van der Waals surface area contributed by atoms with Crippen LogP contribution >= 0.6 is 0 Å². The Morgan fingerprint density at radius 3 is 2.32 bits per heavy atom. The van der Waals surface area contributed by atoms with Gasteiger partial charge in [-0.1, -0.05) is 24.3 Å². The van der Waals surface area contributed by atoms with Gasteiger partial charge in [-0.3, -0.25) is 4.79 Å². The average Bonchev–Trinajstić information content (AvgIpc) is 2.72. The number of ether oxygens (including phenoxy) is 1. The number of benzene rings is 2. The summed E-state index contributed by atoms with van der Waals surface area (Å²) in [5.41, 5.74) is 0.0699. The second kappa shape index (κ2) is 9.06. The van der Waals surface area contributed by atoms with Crippen molar-refractivity contribution in [2.45, 2.75) is 11.3 Å². The Kier molecular flexibility index (Phi) is 6.65. The van der Waals surface area contributed by atoms with E-state index in [9.17, 15) is 30.8 Å². The number of alkyl halides is 3. The average molecular weight is 458 g/mol. The summed E-state index contributed by atoms with van der Waals surface area (Å²) in [5, 5.41) is 0. The number of carbonyl (C=O) groups excluding carboxylic acids is 1. The molecule has 3 rings (SSSR count). The van der Waals surface area contributed by atoms with E-state index in [0.29, 0.717) is 0 Å². The van der Waals surface area contributed by atoms with Gasteiger partial charge in [0.1, 0.15) is 11.6 Å². The second-order valence-electron chi connectivity index (χ2n) is 6.61. The molecule has 1 saturated heterocycles. The van der Waals surface area contributed by atoms with E-state index in [4.69, 9.17) is 0 Å². The molecule has 0 atom stereocenters. The van der Waals surface area contributed by atoms with Gasteiger partial charge in [0.15, 0.2) is 0 Å². The molecule has 1 amide bonds. The van der Waals surface area contributed by atoms with Crippen molar-refractivity contribution in [3.8, 4) is 5.75 Å². The number of hydrogen-bond donors (Lipinski definition) is 0. The van der Waals surface area contributed by atoms with E-state index in [2.05, 4.69) is 4.74 Å². The van der Waals surface area contributed by atoms with Crippen molar-refractivity contribution in [2.75, 3.05) is 26.2 Å². The topological polar surface area (TPSA) is 66.9 Å². The van der Waals surface area contributed by atoms with Gasteiger partial charge in [-0.05, 0) is 30.3 Å². The third-order valence-corrected chi connectivity index (χ3v) is 6.43. The largest absolute Gasteiger partial charge is 0.573 e. The highest BCUT2D eigenvalue weighted by Crippen LogP contribution is 2.27. The molecule has 0 aromatic heterocycles. The molecule has 0 bridgehead atoms. The molecule has 1 heterocycles. The van der Waals surface area contributed by atoms with Crippen molar-refractivity contribution in [3.63, 3.8) is 0 Å². The first-order valence-corrected chi connectivity index (χ1v) is 10.6. The Labute approximate surface area is 176 Å². The first-order valence-electron chi connectivity index (χ1n) is 9.14. The number of hydrogen-bond acceptors (Lipinski definition) is 4. The van der Waals surface area contributed by atoms with E-state index >= 15 is 0 Å². The van der Waals surface area contributed by atoms with Crippen LogP contribution in [0.4, 0.5) is 17.6 Å². The minimum Gasteiger partial charge on any atom is -0.405 e. The molecule has 2 aromatic carbocycles. The zero-order valence-corrected chi connectivity index (χ0v) is 16.9. The van der Waals surface area contributed by atoms with Crippen LogP contribution in [-0.2, 0) is 14.8 Å². The molecule has 2 aromatic rings. The number of carbonyl (C=O) groups is 1. The highest BCUT2D eigenvalue weighted by atomic mass is 32.2. The molecular weight excluding hydrogens is 440 g/mol. The van der Waals surface area contributed by atoms with Gasteiger partial charge in [0.2, 0.25) is 15.9 Å². The van der Waals surface area contributed by atoms with E-state index in [1.54, 1.807) is 0 Å². The predicted molar refractivity (Wildman–Crippen MR) is 104 cm³/mol. The van der Waals surface area contributed by atoms with E-state index in [-0.39, 0.29) is 36.6 Å². The maximum atomic E-state index is 13.4. The molecule has 31 heavy (non-hydrogen) atoms. The SMILES string of the molecule is O=C(/C=C/c1ccccc1OC(F)(F)F)N1CCN(S(=O)(=O)c2cccc(F)c2)CC1. The predicted octanol–water partition coefficient (Wildman–Crippen LogP) is 3.27. The minimum atomic E-state index is -4.86. The second-order valence-corrected chi connectivity index (χ2v) is 8.54.